The van der Waals surface area contributed by atoms with Gasteiger partial charge in [-0.25, -0.2) is 9.37 Å². The van der Waals surface area contributed by atoms with E-state index in [0.717, 1.165) is 16.6 Å². The van der Waals surface area contributed by atoms with E-state index < -0.39 is 12.3 Å². The molecule has 2 heterocycles. The number of halogens is 1. The van der Waals surface area contributed by atoms with Gasteiger partial charge in [-0.05, 0) is 54.8 Å². The number of nitrogens with one attached hydrogen (secondary N) is 1. The molecule has 0 radical (unpaired) electrons. The van der Waals surface area contributed by atoms with Gasteiger partial charge in [0.15, 0.2) is 0 Å². The third-order valence-corrected chi connectivity index (χ3v) is 5.32. The number of imidazole rings is 1. The molecule has 2 atom stereocenters. The normalized spacial score (nSPS) is 19.9. The van der Waals surface area contributed by atoms with Gasteiger partial charge in [-0.3, -0.25) is 4.90 Å². The third kappa shape index (κ3) is 3.91. The molecule has 0 amide bonds. The maximum Gasteiger partial charge on any atom is 0.140 e. The van der Waals surface area contributed by atoms with Crippen molar-refractivity contribution in [2.45, 2.75) is 39.3 Å². The SMILES string of the molecule is Cc1cc2nc(CO[C@H]3CN(Cc4cccc(C#N)c4)C[C@H]3F)[nH]c2cc1C. The van der Waals surface area contributed by atoms with Crippen LogP contribution in [0.2, 0.25) is 0 Å². The van der Waals surface area contributed by atoms with Crippen molar-refractivity contribution < 1.29 is 9.13 Å². The molecule has 1 aliphatic heterocycles. The van der Waals surface area contributed by atoms with Crippen molar-refractivity contribution in [1.29, 1.82) is 5.26 Å². The number of hydrogen-bond donors (Lipinski definition) is 1. The molecule has 1 saturated heterocycles. The van der Waals surface area contributed by atoms with Crippen LogP contribution in [-0.2, 0) is 17.9 Å². The molecule has 0 unspecified atom stereocenters. The van der Waals surface area contributed by atoms with Crippen molar-refractivity contribution >= 4 is 11.0 Å². The van der Waals surface area contributed by atoms with E-state index in [0.29, 0.717) is 31.0 Å². The number of aromatic amines is 1. The lowest BCUT2D eigenvalue weighted by molar-refractivity contribution is 0.00864. The summed E-state index contributed by atoms with van der Waals surface area (Å²) in [5.41, 5.74) is 5.92. The summed E-state index contributed by atoms with van der Waals surface area (Å²) in [5.74, 6) is 0.715. The van der Waals surface area contributed by atoms with Crippen LogP contribution >= 0.6 is 0 Å². The smallest absolute Gasteiger partial charge is 0.140 e. The van der Waals surface area contributed by atoms with Crippen LogP contribution in [0.1, 0.15) is 28.1 Å². The van der Waals surface area contributed by atoms with Crippen molar-refractivity contribution in [3.63, 3.8) is 0 Å². The molecule has 6 heteroatoms. The number of rotatable bonds is 5. The van der Waals surface area contributed by atoms with Gasteiger partial charge >= 0.3 is 0 Å². The maximum absolute atomic E-state index is 14.4. The molecule has 0 bridgehead atoms. The maximum atomic E-state index is 14.4. The fourth-order valence-corrected chi connectivity index (χ4v) is 3.67. The first-order chi connectivity index (χ1) is 13.5. The second-order valence-electron chi connectivity index (χ2n) is 7.51. The average Bonchev–Trinajstić information content (AvgIpc) is 3.22. The van der Waals surface area contributed by atoms with E-state index >= 15 is 0 Å². The molecular formula is C22H23FN4O. The zero-order chi connectivity index (χ0) is 19.7. The third-order valence-electron chi connectivity index (χ3n) is 5.32. The van der Waals surface area contributed by atoms with Crippen LogP contribution in [0, 0.1) is 25.2 Å². The van der Waals surface area contributed by atoms with Gasteiger partial charge in [-0.15, -0.1) is 0 Å². The van der Waals surface area contributed by atoms with Crippen molar-refractivity contribution in [3.8, 4) is 6.07 Å². The summed E-state index contributed by atoms with van der Waals surface area (Å²) >= 11 is 0. The van der Waals surface area contributed by atoms with Crippen molar-refractivity contribution in [2.24, 2.45) is 0 Å². The molecule has 1 aromatic heterocycles. The minimum atomic E-state index is -1.03. The minimum Gasteiger partial charge on any atom is -0.366 e. The Balaban J connectivity index is 1.37. The Morgan fingerprint density at radius 1 is 1.25 bits per heavy atom. The topological polar surface area (TPSA) is 64.9 Å². The van der Waals surface area contributed by atoms with Gasteiger partial charge in [0.25, 0.3) is 0 Å². The Bertz CT molecular complexity index is 1000. The van der Waals surface area contributed by atoms with Crippen LogP contribution in [0.25, 0.3) is 11.0 Å². The number of nitriles is 1. The van der Waals surface area contributed by atoms with Gasteiger partial charge < -0.3 is 9.72 Å². The highest BCUT2D eigenvalue weighted by molar-refractivity contribution is 5.77. The lowest BCUT2D eigenvalue weighted by atomic mass is 10.1. The zero-order valence-electron chi connectivity index (χ0n) is 16.1. The molecule has 1 fully saturated rings. The largest absolute Gasteiger partial charge is 0.366 e. The number of benzene rings is 2. The Morgan fingerprint density at radius 3 is 2.89 bits per heavy atom. The Kier molecular flexibility index (Phi) is 5.12. The lowest BCUT2D eigenvalue weighted by Crippen LogP contribution is -2.24. The van der Waals surface area contributed by atoms with E-state index in [1.54, 1.807) is 6.07 Å². The van der Waals surface area contributed by atoms with Crippen molar-refractivity contribution in [3.05, 3.63) is 64.5 Å². The molecule has 28 heavy (non-hydrogen) atoms. The number of ether oxygens (including phenoxy) is 1. The lowest BCUT2D eigenvalue weighted by Gasteiger charge is -2.15. The first-order valence-electron chi connectivity index (χ1n) is 9.45. The second-order valence-corrected chi connectivity index (χ2v) is 7.51. The molecular weight excluding hydrogens is 355 g/mol. The van der Waals surface area contributed by atoms with E-state index in [9.17, 15) is 4.39 Å². The number of aromatic nitrogens is 2. The summed E-state index contributed by atoms with van der Waals surface area (Å²) in [6, 6.07) is 13.7. The molecule has 2 aromatic carbocycles. The number of hydrogen-bond acceptors (Lipinski definition) is 4. The van der Waals surface area contributed by atoms with Crippen LogP contribution in [0.15, 0.2) is 36.4 Å². The summed E-state index contributed by atoms with van der Waals surface area (Å²) < 4.78 is 20.3. The van der Waals surface area contributed by atoms with Crippen molar-refractivity contribution in [2.75, 3.05) is 13.1 Å². The number of H-pyrrole nitrogens is 1. The molecule has 0 saturated carbocycles. The summed E-state index contributed by atoms with van der Waals surface area (Å²) in [6.45, 7) is 5.86. The van der Waals surface area contributed by atoms with Crippen LogP contribution in [-0.4, -0.2) is 40.2 Å². The van der Waals surface area contributed by atoms with Gasteiger partial charge in [0, 0.05) is 19.6 Å². The number of alkyl halides is 1. The zero-order valence-corrected chi connectivity index (χ0v) is 16.1. The van der Waals surface area contributed by atoms with E-state index in [1.807, 2.05) is 23.1 Å². The van der Waals surface area contributed by atoms with E-state index in [2.05, 4.69) is 42.0 Å². The standard InChI is InChI=1S/C22H23FN4O/c1-14-6-19-20(7-15(14)2)26-22(25-19)13-28-21-12-27(11-18(21)23)10-17-5-3-4-16(8-17)9-24/h3-8,18,21H,10-13H2,1-2H3,(H,25,26)/t18-,21+/m1/s1. The summed E-state index contributed by atoms with van der Waals surface area (Å²) in [5, 5.41) is 9.02. The van der Waals surface area contributed by atoms with Gasteiger partial charge in [0.2, 0.25) is 0 Å². The summed E-state index contributed by atoms with van der Waals surface area (Å²) in [4.78, 5) is 9.85. The highest BCUT2D eigenvalue weighted by atomic mass is 19.1. The van der Waals surface area contributed by atoms with Gasteiger partial charge in [0.1, 0.15) is 24.7 Å². The summed E-state index contributed by atoms with van der Waals surface area (Å²) in [6.07, 6.45) is -1.51. The van der Waals surface area contributed by atoms with Crippen LogP contribution in [0.3, 0.4) is 0 Å². The van der Waals surface area contributed by atoms with Gasteiger partial charge in [0.05, 0.1) is 22.7 Å². The van der Waals surface area contributed by atoms with Crippen LogP contribution in [0.5, 0.6) is 0 Å². The molecule has 3 aromatic rings. The average molecular weight is 378 g/mol. The monoisotopic (exact) mass is 378 g/mol. The molecule has 0 aliphatic carbocycles. The van der Waals surface area contributed by atoms with Gasteiger partial charge in [-0.2, -0.15) is 5.26 Å². The van der Waals surface area contributed by atoms with E-state index in [4.69, 9.17) is 10.00 Å². The predicted octanol–water partition coefficient (Wildman–Crippen LogP) is 3.79. The predicted molar refractivity (Wildman–Crippen MR) is 105 cm³/mol. The number of fused-ring (bicyclic) bond motifs is 1. The first kappa shape index (κ1) is 18.6. The Labute approximate surface area is 163 Å². The fraction of sp³-hybridized carbons (Fsp3) is 0.364. The van der Waals surface area contributed by atoms with Crippen LogP contribution in [0.4, 0.5) is 4.39 Å². The van der Waals surface area contributed by atoms with E-state index in [1.165, 1.54) is 11.1 Å². The second kappa shape index (κ2) is 7.70. The first-order valence-corrected chi connectivity index (χ1v) is 9.45. The fourth-order valence-electron chi connectivity index (χ4n) is 3.67. The molecule has 144 valence electrons. The highest BCUT2D eigenvalue weighted by Crippen LogP contribution is 2.22. The molecule has 4 rings (SSSR count). The molecule has 1 aliphatic rings. The number of nitrogens with zero attached hydrogens (tertiary/aromatic N) is 3. The van der Waals surface area contributed by atoms with Crippen molar-refractivity contribution in [1.82, 2.24) is 14.9 Å². The van der Waals surface area contributed by atoms with E-state index in [-0.39, 0.29) is 6.61 Å². The number of likely N-dealkylation sites (tertiary alicyclic amines) is 1. The quantitative estimate of drug-likeness (QED) is 0.734. The Morgan fingerprint density at radius 2 is 2.07 bits per heavy atom. The highest BCUT2D eigenvalue weighted by Gasteiger charge is 2.33. The number of aryl methyl sites for hydroxylation is 2. The molecule has 1 N–H and O–H groups in total. The molecule has 5 nitrogen and oxygen atoms in total. The molecule has 0 spiro atoms. The minimum absolute atomic E-state index is 0.260. The Hall–Kier alpha value is -2.75. The van der Waals surface area contributed by atoms with Gasteiger partial charge in [-0.1, -0.05) is 12.1 Å². The summed E-state index contributed by atoms with van der Waals surface area (Å²) in [7, 11) is 0. The van der Waals surface area contributed by atoms with Crippen LogP contribution < -0.4 is 0 Å².